The van der Waals surface area contributed by atoms with Crippen molar-refractivity contribution in [2.45, 2.75) is 49.1 Å². The van der Waals surface area contributed by atoms with Crippen LogP contribution in [0, 0.1) is 11.3 Å². The van der Waals surface area contributed by atoms with Crippen LogP contribution in [0.5, 0.6) is 0 Å². The molecule has 3 aliphatic rings. The van der Waals surface area contributed by atoms with Crippen LogP contribution in [0.4, 0.5) is 5.82 Å². The Balaban J connectivity index is 1.72. The first kappa shape index (κ1) is 14.1. The van der Waals surface area contributed by atoms with Gasteiger partial charge >= 0.3 is 0 Å². The molecule has 1 aliphatic carbocycles. The Labute approximate surface area is 136 Å². The maximum absolute atomic E-state index is 10.2. The minimum atomic E-state index is -1.45. The second kappa shape index (κ2) is 3.87. The second-order valence-corrected chi connectivity index (χ2v) is 6.84. The van der Waals surface area contributed by atoms with Crippen molar-refractivity contribution in [3.63, 3.8) is 0 Å². The van der Waals surface area contributed by atoms with Crippen LogP contribution >= 0.6 is 0 Å². The van der Waals surface area contributed by atoms with Gasteiger partial charge in [0.2, 0.25) is 5.60 Å². The van der Waals surface area contributed by atoms with Gasteiger partial charge in [-0.05, 0) is 26.0 Å². The molecule has 5 atom stereocenters. The van der Waals surface area contributed by atoms with Crippen molar-refractivity contribution in [1.82, 2.24) is 14.6 Å². The van der Waals surface area contributed by atoms with Crippen molar-refractivity contribution in [2.24, 2.45) is 0 Å². The minimum Gasteiger partial charge on any atom is -0.387 e. The zero-order valence-electron chi connectivity index (χ0n) is 13.0. The average molecular weight is 329 g/mol. The summed E-state index contributed by atoms with van der Waals surface area (Å²) in [6.45, 7) is 3.50. The number of hydrogen-bond acceptors (Lipinski definition) is 8. The van der Waals surface area contributed by atoms with Crippen molar-refractivity contribution in [3.8, 4) is 6.07 Å². The first-order chi connectivity index (χ1) is 11.4. The van der Waals surface area contributed by atoms with E-state index in [4.69, 9.17) is 19.9 Å². The van der Waals surface area contributed by atoms with Gasteiger partial charge in [0.1, 0.15) is 36.2 Å². The van der Waals surface area contributed by atoms with Crippen LogP contribution in [-0.2, 0) is 19.8 Å². The van der Waals surface area contributed by atoms with Crippen molar-refractivity contribution >= 4 is 11.3 Å². The molecule has 124 valence electrons. The van der Waals surface area contributed by atoms with Gasteiger partial charge in [-0.15, -0.1) is 0 Å². The van der Waals surface area contributed by atoms with Gasteiger partial charge in [0.25, 0.3) is 0 Å². The number of nitrogen functional groups attached to an aromatic ring is 1. The molecule has 0 amide bonds. The summed E-state index contributed by atoms with van der Waals surface area (Å²) in [6, 6.07) is 5.65. The van der Waals surface area contributed by atoms with E-state index < -0.39 is 35.3 Å². The number of hydrogen-bond donors (Lipinski definition) is 2. The molecule has 1 saturated carbocycles. The molecule has 3 N–H and O–H groups in total. The lowest BCUT2D eigenvalue weighted by atomic mass is 9.90. The molecule has 1 spiro atoms. The maximum atomic E-state index is 10.2. The van der Waals surface area contributed by atoms with Gasteiger partial charge in [-0.2, -0.15) is 10.4 Å². The predicted octanol–water partition coefficient (Wildman–Crippen LogP) is -0.306. The molecule has 5 rings (SSSR count). The lowest BCUT2D eigenvalue weighted by Crippen LogP contribution is -2.46. The number of rotatable bonds is 1. The maximum Gasteiger partial charge on any atom is 0.226 e. The summed E-state index contributed by atoms with van der Waals surface area (Å²) in [6.07, 6.45) is -0.905. The molecule has 9 nitrogen and oxygen atoms in total. The summed E-state index contributed by atoms with van der Waals surface area (Å²) < 4.78 is 19.4. The number of nitriles is 1. The molecule has 1 unspecified atom stereocenters. The molecule has 3 fully saturated rings. The topological polar surface area (TPSA) is 128 Å². The van der Waals surface area contributed by atoms with Gasteiger partial charge in [0.05, 0.1) is 5.69 Å². The third kappa shape index (κ3) is 1.35. The number of aromatic nitrogens is 3. The third-order valence-electron chi connectivity index (χ3n) is 5.03. The molecule has 2 aromatic heterocycles. The van der Waals surface area contributed by atoms with E-state index in [1.54, 1.807) is 26.0 Å². The van der Waals surface area contributed by atoms with Gasteiger partial charge in [0, 0.05) is 0 Å². The van der Waals surface area contributed by atoms with E-state index in [9.17, 15) is 10.4 Å². The van der Waals surface area contributed by atoms with E-state index in [2.05, 4.69) is 16.2 Å². The molecule has 0 radical (unpaired) electrons. The SMILES string of the molecule is CC1(C)O[C@@H]2[C@@]3(O1)C(O)[C@H]3O[C@@]2(C#N)c1ccc2c(N)ncnn12. The summed E-state index contributed by atoms with van der Waals surface area (Å²) in [4.78, 5) is 3.95. The summed E-state index contributed by atoms with van der Waals surface area (Å²) in [5, 5.41) is 24.4. The first-order valence-corrected chi connectivity index (χ1v) is 7.59. The molecule has 9 heteroatoms. The molecular weight excluding hydrogens is 314 g/mol. The van der Waals surface area contributed by atoms with Crippen molar-refractivity contribution in [2.75, 3.05) is 5.73 Å². The number of nitrogens with two attached hydrogens (primary N) is 1. The van der Waals surface area contributed by atoms with Gasteiger partial charge < -0.3 is 25.1 Å². The molecule has 0 bridgehead atoms. The van der Waals surface area contributed by atoms with E-state index in [1.807, 2.05) is 0 Å². The Bertz CT molecular complexity index is 920. The highest BCUT2D eigenvalue weighted by Gasteiger charge is 2.87. The second-order valence-electron chi connectivity index (χ2n) is 6.84. The monoisotopic (exact) mass is 329 g/mol. The highest BCUT2D eigenvalue weighted by molar-refractivity contribution is 5.66. The number of aliphatic hydroxyl groups excluding tert-OH is 1. The van der Waals surface area contributed by atoms with Gasteiger partial charge in [-0.3, -0.25) is 0 Å². The standard InChI is InChI=1S/C15H15N5O4/c1-13(2)23-12-14(5-16,22-10-9(21)15(10,12)24-13)8-4-3-7-11(17)18-6-19-20(7)8/h3-4,6,9-10,12,21H,1-2H3,(H2,17,18,19)/t9?,10-,12+,14+,15-/m1/s1. The molecular formula is C15H15N5O4. The van der Waals surface area contributed by atoms with Crippen LogP contribution in [-0.4, -0.2) is 49.4 Å². The van der Waals surface area contributed by atoms with Crippen molar-refractivity contribution in [3.05, 3.63) is 24.2 Å². The fourth-order valence-electron chi connectivity index (χ4n) is 4.03. The Morgan fingerprint density at radius 1 is 1.38 bits per heavy atom. The van der Waals surface area contributed by atoms with Crippen molar-refractivity contribution < 1.29 is 19.3 Å². The van der Waals surface area contributed by atoms with Crippen LogP contribution in [0.15, 0.2) is 18.5 Å². The minimum absolute atomic E-state index is 0.297. The average Bonchev–Trinajstić information content (AvgIpc) is 2.94. The fourth-order valence-corrected chi connectivity index (χ4v) is 4.03. The Kier molecular flexibility index (Phi) is 2.28. The first-order valence-electron chi connectivity index (χ1n) is 7.59. The highest BCUT2D eigenvalue weighted by atomic mass is 16.8. The molecule has 4 heterocycles. The van der Waals surface area contributed by atoms with E-state index in [0.717, 1.165) is 0 Å². The van der Waals surface area contributed by atoms with Crippen molar-refractivity contribution in [1.29, 1.82) is 5.26 Å². The highest BCUT2D eigenvalue weighted by Crippen LogP contribution is 2.66. The number of aliphatic hydroxyl groups is 1. The number of fused-ring (bicyclic) bond motifs is 1. The number of anilines is 1. The quantitative estimate of drug-likeness (QED) is 0.729. The summed E-state index contributed by atoms with van der Waals surface area (Å²) in [7, 11) is 0. The number of nitrogens with zero attached hydrogens (tertiary/aromatic N) is 4. The van der Waals surface area contributed by atoms with Gasteiger partial charge in [0.15, 0.2) is 17.2 Å². The molecule has 2 saturated heterocycles. The Morgan fingerprint density at radius 3 is 2.92 bits per heavy atom. The normalized spacial score (nSPS) is 41.8. The Hall–Kier alpha value is -2.25. The lowest BCUT2D eigenvalue weighted by molar-refractivity contribution is -0.188. The smallest absolute Gasteiger partial charge is 0.226 e. The van der Waals surface area contributed by atoms with E-state index in [1.165, 1.54) is 10.8 Å². The van der Waals surface area contributed by atoms with E-state index >= 15 is 0 Å². The zero-order chi connectivity index (χ0) is 16.9. The Morgan fingerprint density at radius 2 is 2.17 bits per heavy atom. The molecule has 24 heavy (non-hydrogen) atoms. The van der Waals surface area contributed by atoms with Crippen LogP contribution in [0.2, 0.25) is 0 Å². The number of ether oxygens (including phenoxy) is 3. The van der Waals surface area contributed by atoms with E-state index in [-0.39, 0.29) is 0 Å². The van der Waals surface area contributed by atoms with Crippen LogP contribution in [0.1, 0.15) is 19.5 Å². The van der Waals surface area contributed by atoms with Crippen LogP contribution in [0.25, 0.3) is 5.52 Å². The summed E-state index contributed by atoms with van der Waals surface area (Å²) in [5.74, 6) is -0.626. The third-order valence-corrected chi connectivity index (χ3v) is 5.03. The predicted molar refractivity (Wildman–Crippen MR) is 78.3 cm³/mol. The zero-order valence-corrected chi connectivity index (χ0v) is 13.0. The van der Waals surface area contributed by atoms with Gasteiger partial charge in [-0.25, -0.2) is 9.50 Å². The van der Waals surface area contributed by atoms with Gasteiger partial charge in [-0.1, -0.05) is 0 Å². The largest absolute Gasteiger partial charge is 0.387 e. The van der Waals surface area contributed by atoms with Crippen LogP contribution < -0.4 is 5.73 Å². The molecule has 0 aromatic carbocycles. The molecule has 2 aromatic rings. The van der Waals surface area contributed by atoms with Crippen LogP contribution in [0.3, 0.4) is 0 Å². The molecule has 2 aliphatic heterocycles. The van der Waals surface area contributed by atoms with E-state index in [0.29, 0.717) is 17.0 Å². The summed E-state index contributed by atoms with van der Waals surface area (Å²) >= 11 is 0. The fraction of sp³-hybridized carbons (Fsp3) is 0.533. The lowest BCUT2D eigenvalue weighted by Gasteiger charge is -2.29. The summed E-state index contributed by atoms with van der Waals surface area (Å²) in [5.41, 5.74) is 4.43.